The van der Waals surface area contributed by atoms with Crippen molar-refractivity contribution >= 4 is 15.9 Å². The lowest BCUT2D eigenvalue weighted by atomic mass is 9.99. The molecule has 0 saturated carbocycles. The monoisotopic (exact) mass is 368 g/mol. The Morgan fingerprint density at radius 1 is 1.40 bits per heavy atom. The molecule has 2 heterocycles. The topological polar surface area (TPSA) is 82.6 Å². The van der Waals surface area contributed by atoms with Crippen LogP contribution in [0.5, 0.6) is 0 Å². The van der Waals surface area contributed by atoms with E-state index in [9.17, 15) is 13.2 Å². The van der Waals surface area contributed by atoms with E-state index in [1.807, 2.05) is 0 Å². The fraction of sp³-hybridized carbons (Fsp3) is 0.647. The SMILES string of the molecule is CC1CCN(CCCNC(=O)CN(C)S(=O)(=O)c2cccnc2)CC1. The number of rotatable bonds is 8. The molecule has 2 rings (SSSR count). The van der Waals surface area contributed by atoms with Crippen molar-refractivity contribution in [1.82, 2.24) is 19.5 Å². The molecule has 7 nitrogen and oxygen atoms in total. The number of hydrogen-bond donors (Lipinski definition) is 1. The summed E-state index contributed by atoms with van der Waals surface area (Å²) in [4.78, 5) is 18.3. The van der Waals surface area contributed by atoms with Crippen molar-refractivity contribution in [2.24, 2.45) is 5.92 Å². The molecule has 1 fully saturated rings. The largest absolute Gasteiger partial charge is 0.355 e. The van der Waals surface area contributed by atoms with E-state index in [0.29, 0.717) is 6.54 Å². The van der Waals surface area contributed by atoms with Gasteiger partial charge in [0.15, 0.2) is 0 Å². The van der Waals surface area contributed by atoms with Crippen LogP contribution in [0.2, 0.25) is 0 Å². The van der Waals surface area contributed by atoms with E-state index in [4.69, 9.17) is 0 Å². The van der Waals surface area contributed by atoms with Gasteiger partial charge in [0.25, 0.3) is 0 Å². The predicted molar refractivity (Wildman–Crippen MR) is 96.5 cm³/mol. The molecule has 0 bridgehead atoms. The van der Waals surface area contributed by atoms with Crippen LogP contribution in [0.15, 0.2) is 29.4 Å². The van der Waals surface area contributed by atoms with Crippen LogP contribution in [0.3, 0.4) is 0 Å². The van der Waals surface area contributed by atoms with Crippen molar-refractivity contribution in [2.75, 3.05) is 39.8 Å². The van der Waals surface area contributed by atoms with Gasteiger partial charge in [0, 0.05) is 26.0 Å². The molecular formula is C17H28N4O3S. The number of sulfonamides is 1. The maximum Gasteiger partial charge on any atom is 0.244 e. The van der Waals surface area contributed by atoms with E-state index in [1.165, 1.54) is 38.3 Å². The molecule has 1 aliphatic heterocycles. The molecule has 0 atom stereocenters. The molecule has 8 heteroatoms. The molecule has 140 valence electrons. The Hall–Kier alpha value is -1.51. The number of carbonyl (C=O) groups excluding carboxylic acids is 1. The van der Waals surface area contributed by atoms with E-state index >= 15 is 0 Å². The van der Waals surface area contributed by atoms with E-state index in [-0.39, 0.29) is 17.3 Å². The maximum atomic E-state index is 12.3. The highest BCUT2D eigenvalue weighted by atomic mass is 32.2. The maximum absolute atomic E-state index is 12.3. The summed E-state index contributed by atoms with van der Waals surface area (Å²) in [5.41, 5.74) is 0. The van der Waals surface area contributed by atoms with Gasteiger partial charge < -0.3 is 10.2 Å². The van der Waals surface area contributed by atoms with Gasteiger partial charge in [-0.05, 0) is 56.9 Å². The van der Waals surface area contributed by atoms with Gasteiger partial charge in [-0.15, -0.1) is 0 Å². The molecule has 1 aromatic rings. The van der Waals surface area contributed by atoms with E-state index in [2.05, 4.69) is 22.1 Å². The Labute approximate surface area is 150 Å². The molecule has 0 unspecified atom stereocenters. The van der Waals surface area contributed by atoms with Crippen LogP contribution in [0.25, 0.3) is 0 Å². The first kappa shape index (κ1) is 19.8. The highest BCUT2D eigenvalue weighted by Crippen LogP contribution is 2.15. The second kappa shape index (κ2) is 9.26. The zero-order valence-electron chi connectivity index (χ0n) is 15.0. The van der Waals surface area contributed by atoms with Gasteiger partial charge in [0.2, 0.25) is 15.9 Å². The quantitative estimate of drug-likeness (QED) is 0.691. The van der Waals surface area contributed by atoms with Crippen LogP contribution in [-0.4, -0.2) is 68.3 Å². The number of likely N-dealkylation sites (tertiary alicyclic amines) is 1. The number of pyridine rings is 1. The van der Waals surface area contributed by atoms with Crippen LogP contribution in [0, 0.1) is 5.92 Å². The molecule has 0 spiro atoms. The normalized spacial score (nSPS) is 16.9. The van der Waals surface area contributed by atoms with Crippen LogP contribution in [-0.2, 0) is 14.8 Å². The summed E-state index contributed by atoms with van der Waals surface area (Å²) >= 11 is 0. The summed E-state index contributed by atoms with van der Waals surface area (Å²) in [5.74, 6) is 0.524. The van der Waals surface area contributed by atoms with Crippen molar-refractivity contribution in [3.8, 4) is 0 Å². The van der Waals surface area contributed by atoms with Crippen LogP contribution in [0.1, 0.15) is 26.2 Å². The molecule has 0 aromatic carbocycles. The summed E-state index contributed by atoms with van der Waals surface area (Å²) in [6.45, 7) is 5.87. The Morgan fingerprint density at radius 2 is 2.12 bits per heavy atom. The zero-order chi connectivity index (χ0) is 18.3. The minimum absolute atomic E-state index is 0.0876. The molecule has 1 aliphatic rings. The molecule has 0 radical (unpaired) electrons. The van der Waals surface area contributed by atoms with E-state index in [1.54, 1.807) is 6.07 Å². The van der Waals surface area contributed by atoms with Crippen molar-refractivity contribution in [3.63, 3.8) is 0 Å². The molecule has 1 saturated heterocycles. The summed E-state index contributed by atoms with van der Waals surface area (Å²) in [6, 6.07) is 3.03. The Balaban J connectivity index is 1.69. The van der Waals surface area contributed by atoms with E-state index < -0.39 is 10.0 Å². The first-order valence-electron chi connectivity index (χ1n) is 8.75. The number of amides is 1. The van der Waals surface area contributed by atoms with Gasteiger partial charge in [-0.1, -0.05) is 6.92 Å². The second-order valence-electron chi connectivity index (χ2n) is 6.68. The standard InChI is InChI=1S/C17H28N4O3S/c1-15-6-11-21(12-7-15)10-4-9-19-17(22)14-20(2)25(23,24)16-5-3-8-18-13-16/h3,5,8,13,15H,4,6-7,9-12,14H2,1-2H3,(H,19,22). The third-order valence-electron chi connectivity index (χ3n) is 4.56. The average molecular weight is 369 g/mol. The van der Waals surface area contributed by atoms with Crippen molar-refractivity contribution in [2.45, 2.75) is 31.1 Å². The molecule has 1 amide bonds. The molecule has 0 aliphatic carbocycles. The first-order valence-corrected chi connectivity index (χ1v) is 10.2. The highest BCUT2D eigenvalue weighted by Gasteiger charge is 2.23. The number of carbonyl (C=O) groups is 1. The summed E-state index contributed by atoms with van der Waals surface area (Å²) in [6.07, 6.45) is 6.14. The fourth-order valence-electron chi connectivity index (χ4n) is 2.84. The molecule has 1 aromatic heterocycles. The van der Waals surface area contributed by atoms with Gasteiger partial charge in [-0.25, -0.2) is 8.42 Å². The second-order valence-corrected chi connectivity index (χ2v) is 8.72. The average Bonchev–Trinajstić information content (AvgIpc) is 2.61. The van der Waals surface area contributed by atoms with Crippen molar-refractivity contribution in [1.29, 1.82) is 0 Å². The minimum atomic E-state index is -3.69. The van der Waals surface area contributed by atoms with Crippen LogP contribution >= 0.6 is 0 Å². The van der Waals surface area contributed by atoms with Gasteiger partial charge in [-0.3, -0.25) is 9.78 Å². The Bertz CT molecular complexity index is 643. The number of aromatic nitrogens is 1. The third kappa shape index (κ3) is 6.05. The van der Waals surface area contributed by atoms with Gasteiger partial charge in [-0.2, -0.15) is 4.31 Å². The number of nitrogens with one attached hydrogen (secondary N) is 1. The predicted octanol–water partition coefficient (Wildman–Crippen LogP) is 0.940. The number of likely N-dealkylation sites (N-methyl/N-ethyl adjacent to an activating group) is 1. The summed E-state index contributed by atoms with van der Waals surface area (Å²) in [7, 11) is -2.29. The van der Waals surface area contributed by atoms with Crippen molar-refractivity contribution < 1.29 is 13.2 Å². The number of hydrogen-bond acceptors (Lipinski definition) is 5. The Kier molecular flexibility index (Phi) is 7.34. The molecule has 25 heavy (non-hydrogen) atoms. The molecular weight excluding hydrogens is 340 g/mol. The number of piperidine rings is 1. The van der Waals surface area contributed by atoms with E-state index in [0.717, 1.165) is 36.3 Å². The first-order chi connectivity index (χ1) is 11.9. The lowest BCUT2D eigenvalue weighted by molar-refractivity contribution is -0.121. The smallest absolute Gasteiger partial charge is 0.244 e. The number of nitrogens with zero attached hydrogens (tertiary/aromatic N) is 3. The summed E-state index contributed by atoms with van der Waals surface area (Å²) in [5, 5.41) is 2.80. The lowest BCUT2D eigenvalue weighted by Crippen LogP contribution is -2.40. The molecule has 1 N–H and O–H groups in total. The van der Waals surface area contributed by atoms with Gasteiger partial charge in [0.1, 0.15) is 4.90 Å². The van der Waals surface area contributed by atoms with Gasteiger partial charge in [0.05, 0.1) is 6.54 Å². The Morgan fingerprint density at radius 3 is 2.76 bits per heavy atom. The minimum Gasteiger partial charge on any atom is -0.355 e. The summed E-state index contributed by atoms with van der Waals surface area (Å²) < 4.78 is 25.7. The van der Waals surface area contributed by atoms with Crippen molar-refractivity contribution in [3.05, 3.63) is 24.5 Å². The highest BCUT2D eigenvalue weighted by molar-refractivity contribution is 7.89. The third-order valence-corrected chi connectivity index (χ3v) is 6.35. The fourth-order valence-corrected chi connectivity index (χ4v) is 3.93. The van der Waals surface area contributed by atoms with Crippen LogP contribution in [0.4, 0.5) is 0 Å². The lowest BCUT2D eigenvalue weighted by Gasteiger charge is -2.30. The zero-order valence-corrected chi connectivity index (χ0v) is 15.8. The van der Waals surface area contributed by atoms with Gasteiger partial charge >= 0.3 is 0 Å². The van der Waals surface area contributed by atoms with Crippen LogP contribution < -0.4 is 5.32 Å².